The van der Waals surface area contributed by atoms with Gasteiger partial charge in [0.1, 0.15) is 18.1 Å². The number of nitrogens with one attached hydrogen (secondary N) is 2. The lowest BCUT2D eigenvalue weighted by Crippen LogP contribution is -2.50. The highest BCUT2D eigenvalue weighted by Gasteiger charge is 2.23. The minimum Gasteiger partial charge on any atom is -0.480 e. The number of hydrogen-bond donors (Lipinski definition) is 7. The maximum Gasteiger partial charge on any atom is 0.326 e. The molecule has 13 heteroatoms. The SMILES string of the molecule is CC(=O)NC(C)C(=O)NC(CCC(N)=O)C(=O)O.NC(=O)CCC(N)C(=O)O. The average molecular weight is 405 g/mol. The summed E-state index contributed by atoms with van der Waals surface area (Å²) in [6.07, 6.45) is -0.118. The molecule has 0 spiro atoms. The first-order chi connectivity index (χ1) is 12.8. The third-order valence-electron chi connectivity index (χ3n) is 3.13. The summed E-state index contributed by atoms with van der Waals surface area (Å²) in [4.78, 5) is 63.8. The molecule has 28 heavy (non-hydrogen) atoms. The van der Waals surface area contributed by atoms with Crippen molar-refractivity contribution < 1.29 is 39.0 Å². The van der Waals surface area contributed by atoms with Crippen LogP contribution in [0, 0.1) is 0 Å². The van der Waals surface area contributed by atoms with Gasteiger partial charge in [-0.3, -0.25) is 24.0 Å². The Balaban J connectivity index is 0. The standard InChI is InChI=1S/C10H17N3O5.C5H10N2O3/c1-5(12-6(2)14)9(16)13-7(10(17)18)3-4-8(11)15;6-3(5(9)10)1-2-4(7)8/h5,7H,3-4H2,1-2H3,(H2,11,15)(H,12,14)(H,13,16)(H,17,18);3H,1-2,6H2,(H2,7,8)(H,9,10). The van der Waals surface area contributed by atoms with Crippen LogP contribution in [0.2, 0.25) is 0 Å². The Morgan fingerprint density at radius 1 is 0.857 bits per heavy atom. The molecule has 0 saturated heterocycles. The fourth-order valence-electron chi connectivity index (χ4n) is 1.63. The number of nitrogens with two attached hydrogens (primary N) is 3. The number of carbonyl (C=O) groups is 6. The predicted molar refractivity (Wildman–Crippen MR) is 95.3 cm³/mol. The zero-order valence-corrected chi connectivity index (χ0v) is 15.6. The minimum atomic E-state index is -1.26. The second-order valence-corrected chi connectivity index (χ2v) is 5.78. The Labute approximate surface area is 161 Å². The van der Waals surface area contributed by atoms with E-state index < -0.39 is 53.7 Å². The fourth-order valence-corrected chi connectivity index (χ4v) is 1.63. The van der Waals surface area contributed by atoms with Gasteiger partial charge in [-0.05, 0) is 19.8 Å². The summed E-state index contributed by atoms with van der Waals surface area (Å²) in [6.45, 7) is 2.66. The van der Waals surface area contributed by atoms with Gasteiger partial charge in [-0.15, -0.1) is 0 Å². The third kappa shape index (κ3) is 15.1. The molecule has 0 bridgehead atoms. The van der Waals surface area contributed by atoms with Gasteiger partial charge < -0.3 is 38.0 Å². The number of carboxylic acids is 2. The zero-order chi connectivity index (χ0) is 22.4. The Hall–Kier alpha value is -3.22. The molecule has 160 valence electrons. The Morgan fingerprint density at radius 3 is 1.68 bits per heavy atom. The van der Waals surface area contributed by atoms with Gasteiger partial charge in [-0.2, -0.15) is 0 Å². The van der Waals surface area contributed by atoms with Gasteiger partial charge in [0, 0.05) is 19.8 Å². The van der Waals surface area contributed by atoms with Crippen molar-refractivity contribution in [2.24, 2.45) is 17.2 Å². The fraction of sp³-hybridized carbons (Fsp3) is 0.600. The highest BCUT2D eigenvalue weighted by atomic mass is 16.4. The van der Waals surface area contributed by atoms with Crippen LogP contribution in [-0.2, 0) is 28.8 Å². The molecule has 13 nitrogen and oxygen atoms in total. The summed E-state index contributed by atoms with van der Waals surface area (Å²) in [5.41, 5.74) is 14.7. The molecule has 0 aromatic heterocycles. The molecule has 3 atom stereocenters. The van der Waals surface area contributed by atoms with E-state index in [4.69, 9.17) is 27.4 Å². The van der Waals surface area contributed by atoms with Crippen molar-refractivity contribution in [3.63, 3.8) is 0 Å². The number of amides is 4. The minimum absolute atomic E-state index is 0.0213. The quantitative estimate of drug-likeness (QED) is 0.185. The first-order valence-electron chi connectivity index (χ1n) is 8.13. The van der Waals surface area contributed by atoms with Crippen molar-refractivity contribution in [2.75, 3.05) is 0 Å². The first-order valence-corrected chi connectivity index (χ1v) is 8.13. The van der Waals surface area contributed by atoms with Crippen molar-refractivity contribution >= 4 is 35.6 Å². The topological polar surface area (TPSA) is 245 Å². The van der Waals surface area contributed by atoms with Crippen LogP contribution in [0.1, 0.15) is 39.5 Å². The lowest BCUT2D eigenvalue weighted by molar-refractivity contribution is -0.142. The highest BCUT2D eigenvalue weighted by Crippen LogP contribution is 1.98. The van der Waals surface area contributed by atoms with Crippen LogP contribution in [0.15, 0.2) is 0 Å². The summed E-state index contributed by atoms with van der Waals surface area (Å²) in [5.74, 6) is -4.59. The van der Waals surface area contributed by atoms with E-state index in [9.17, 15) is 28.8 Å². The molecule has 0 aromatic rings. The lowest BCUT2D eigenvalue weighted by atomic mass is 10.1. The summed E-state index contributed by atoms with van der Waals surface area (Å²) in [5, 5.41) is 21.6. The molecule has 0 aliphatic rings. The number of primary amides is 2. The van der Waals surface area contributed by atoms with Gasteiger partial charge >= 0.3 is 11.9 Å². The normalized spacial score (nSPS) is 13.0. The Kier molecular flexibility index (Phi) is 13.4. The van der Waals surface area contributed by atoms with Crippen molar-refractivity contribution in [2.45, 2.75) is 57.7 Å². The van der Waals surface area contributed by atoms with Crippen LogP contribution < -0.4 is 27.8 Å². The summed E-state index contributed by atoms with van der Waals surface area (Å²) in [6, 6.07) is -3.04. The molecule has 0 radical (unpaired) electrons. The number of hydrogen-bond acceptors (Lipinski definition) is 7. The second kappa shape index (κ2) is 13.9. The molecule has 0 heterocycles. The predicted octanol–water partition coefficient (Wildman–Crippen LogP) is -2.99. The van der Waals surface area contributed by atoms with Crippen LogP contribution in [0.4, 0.5) is 0 Å². The maximum atomic E-state index is 11.5. The van der Waals surface area contributed by atoms with Crippen LogP contribution >= 0.6 is 0 Å². The molecule has 4 amide bonds. The number of carboxylic acid groups (broad SMARTS) is 2. The highest BCUT2D eigenvalue weighted by molar-refractivity contribution is 5.89. The molecule has 10 N–H and O–H groups in total. The monoisotopic (exact) mass is 405 g/mol. The largest absolute Gasteiger partial charge is 0.480 e. The first kappa shape index (κ1) is 27.0. The van der Waals surface area contributed by atoms with Crippen LogP contribution in [0.25, 0.3) is 0 Å². The van der Waals surface area contributed by atoms with Gasteiger partial charge in [0.2, 0.25) is 23.6 Å². The van der Waals surface area contributed by atoms with E-state index in [0.717, 1.165) is 0 Å². The van der Waals surface area contributed by atoms with Gasteiger partial charge in [0.15, 0.2) is 0 Å². The number of carbonyl (C=O) groups excluding carboxylic acids is 4. The van der Waals surface area contributed by atoms with E-state index in [1.54, 1.807) is 0 Å². The smallest absolute Gasteiger partial charge is 0.326 e. The number of rotatable bonds is 11. The van der Waals surface area contributed by atoms with E-state index in [1.807, 2.05) is 0 Å². The molecular weight excluding hydrogens is 378 g/mol. The maximum absolute atomic E-state index is 11.5. The molecule has 0 aromatic carbocycles. The molecule has 0 aliphatic heterocycles. The molecular formula is C15H27N5O8. The van der Waals surface area contributed by atoms with Crippen molar-refractivity contribution in [1.29, 1.82) is 0 Å². The molecule has 0 saturated carbocycles. The number of aliphatic carboxylic acids is 2. The molecule has 3 unspecified atom stereocenters. The van der Waals surface area contributed by atoms with Crippen molar-refractivity contribution in [1.82, 2.24) is 10.6 Å². The average Bonchev–Trinajstić information content (AvgIpc) is 2.55. The summed E-state index contributed by atoms with van der Waals surface area (Å²) < 4.78 is 0. The summed E-state index contributed by atoms with van der Waals surface area (Å²) in [7, 11) is 0. The lowest BCUT2D eigenvalue weighted by Gasteiger charge is -2.17. The molecule has 0 aliphatic carbocycles. The van der Waals surface area contributed by atoms with Gasteiger partial charge in [0.25, 0.3) is 0 Å². The van der Waals surface area contributed by atoms with E-state index >= 15 is 0 Å². The zero-order valence-electron chi connectivity index (χ0n) is 15.6. The third-order valence-corrected chi connectivity index (χ3v) is 3.13. The van der Waals surface area contributed by atoms with Crippen LogP contribution in [0.5, 0.6) is 0 Å². The summed E-state index contributed by atoms with van der Waals surface area (Å²) >= 11 is 0. The Bertz CT molecular complexity index is 595. The van der Waals surface area contributed by atoms with Gasteiger partial charge in [0.05, 0.1) is 0 Å². The second-order valence-electron chi connectivity index (χ2n) is 5.78. The van der Waals surface area contributed by atoms with Crippen molar-refractivity contribution in [3.8, 4) is 0 Å². The van der Waals surface area contributed by atoms with E-state index in [-0.39, 0.29) is 25.7 Å². The van der Waals surface area contributed by atoms with Gasteiger partial charge in [-0.25, -0.2) is 4.79 Å². The Morgan fingerprint density at radius 2 is 1.32 bits per heavy atom. The van der Waals surface area contributed by atoms with Crippen LogP contribution in [0.3, 0.4) is 0 Å². The molecule has 0 fully saturated rings. The molecule has 0 rings (SSSR count). The van der Waals surface area contributed by atoms with Crippen LogP contribution in [-0.4, -0.2) is 63.9 Å². The van der Waals surface area contributed by atoms with Crippen molar-refractivity contribution in [3.05, 3.63) is 0 Å². The van der Waals surface area contributed by atoms with E-state index in [0.29, 0.717) is 0 Å². The van der Waals surface area contributed by atoms with E-state index in [1.165, 1.54) is 13.8 Å². The van der Waals surface area contributed by atoms with E-state index in [2.05, 4.69) is 10.6 Å². The van der Waals surface area contributed by atoms with Gasteiger partial charge in [-0.1, -0.05) is 0 Å².